The number of benzene rings is 1. The lowest BCUT2D eigenvalue weighted by molar-refractivity contribution is 0.101. The molecule has 0 spiro atoms. The monoisotopic (exact) mass is 288 g/mol. The molecule has 0 bridgehead atoms. The first kappa shape index (κ1) is 12.7. The fourth-order valence-electron chi connectivity index (χ4n) is 2.02. The highest BCUT2D eigenvalue weighted by Crippen LogP contribution is 2.24. The Labute approximate surface area is 119 Å². The highest BCUT2D eigenvalue weighted by Gasteiger charge is 2.19. The Hall–Kier alpha value is -2.28. The number of Topliss-reactive ketones (excluding diaryl/α,β-unsaturated/α-hetero) is 1. The van der Waals surface area contributed by atoms with Crippen molar-refractivity contribution in [1.82, 2.24) is 9.78 Å². The number of aromatic amines is 1. The average Bonchev–Trinajstić information content (AvgIpc) is 2.80. The molecule has 0 radical (unpaired) electrons. The topological polar surface area (TPSA) is 79.2 Å². The van der Waals surface area contributed by atoms with E-state index in [2.05, 4.69) is 28.0 Å². The van der Waals surface area contributed by atoms with Crippen LogP contribution in [-0.2, 0) is 0 Å². The van der Waals surface area contributed by atoms with Crippen molar-refractivity contribution in [2.75, 3.05) is 5.32 Å². The van der Waals surface area contributed by atoms with E-state index in [-0.39, 0.29) is 11.3 Å². The summed E-state index contributed by atoms with van der Waals surface area (Å²) in [5.74, 6) is 1.23. The first-order chi connectivity index (χ1) is 9.54. The normalized spacial score (nSPS) is 17.1. The zero-order valence-electron chi connectivity index (χ0n) is 10.6. The molecule has 0 fully saturated rings. The van der Waals surface area contributed by atoms with Gasteiger partial charge in [0.15, 0.2) is 11.3 Å². The van der Waals surface area contributed by atoms with Crippen LogP contribution in [-0.4, -0.2) is 21.4 Å². The zero-order chi connectivity index (χ0) is 14.3. The summed E-state index contributed by atoms with van der Waals surface area (Å²) in [4.78, 5) is 26.9. The van der Waals surface area contributed by atoms with Gasteiger partial charge in [-0.15, -0.1) is 12.6 Å². The zero-order valence-corrected chi connectivity index (χ0v) is 11.5. The molecule has 1 atom stereocenters. The minimum absolute atomic E-state index is 0.0154. The summed E-state index contributed by atoms with van der Waals surface area (Å²) >= 11 is 4.33. The van der Waals surface area contributed by atoms with Crippen molar-refractivity contribution in [3.8, 4) is 0 Å². The lowest BCUT2D eigenvalue weighted by Crippen LogP contribution is -2.24. The fraction of sp³-hybridized carbons (Fsp3) is 0.154. The first-order valence-corrected chi connectivity index (χ1v) is 6.52. The molecular formula is C13H12N4O2S. The van der Waals surface area contributed by atoms with E-state index in [0.29, 0.717) is 17.2 Å². The SMILES string of the molecule is CC(=O)c1ccc(C2=NC(S)n3[nH]c(=O)cc3N2)cc1. The second-order valence-corrected chi connectivity index (χ2v) is 4.92. The number of ketones is 1. The molecule has 1 aromatic carbocycles. The number of aromatic nitrogens is 2. The van der Waals surface area contributed by atoms with Crippen LogP contribution in [0.1, 0.15) is 28.3 Å². The quantitative estimate of drug-likeness (QED) is 0.580. The van der Waals surface area contributed by atoms with Crippen LogP contribution < -0.4 is 10.9 Å². The van der Waals surface area contributed by atoms with E-state index in [0.717, 1.165) is 5.56 Å². The van der Waals surface area contributed by atoms with E-state index in [1.165, 1.54) is 13.0 Å². The Morgan fingerprint density at radius 3 is 2.70 bits per heavy atom. The minimum atomic E-state index is -0.489. The van der Waals surface area contributed by atoms with Gasteiger partial charge in [0.1, 0.15) is 11.7 Å². The number of amidine groups is 1. The largest absolute Gasteiger partial charge is 0.325 e. The third-order valence-corrected chi connectivity index (χ3v) is 3.39. The van der Waals surface area contributed by atoms with Gasteiger partial charge in [-0.05, 0) is 6.92 Å². The summed E-state index contributed by atoms with van der Waals surface area (Å²) in [6.45, 7) is 1.52. The van der Waals surface area contributed by atoms with Crippen molar-refractivity contribution < 1.29 is 4.79 Å². The van der Waals surface area contributed by atoms with Crippen LogP contribution in [0, 0.1) is 0 Å². The van der Waals surface area contributed by atoms with Crippen LogP contribution in [0.5, 0.6) is 0 Å². The Kier molecular flexibility index (Phi) is 2.98. The molecule has 1 aromatic heterocycles. The summed E-state index contributed by atoms with van der Waals surface area (Å²) in [5.41, 5.74) is 0.770. The summed E-state index contributed by atoms with van der Waals surface area (Å²) in [6, 6.07) is 8.55. The number of thiol groups is 1. The third kappa shape index (κ3) is 2.16. The standard InChI is InChI=1S/C13H12N4O2S/c1-7(18)8-2-4-9(5-3-8)12-14-10-6-11(19)16-17(10)13(20)15-12/h2-6,13,20H,1H3,(H,14,15)(H,16,19). The molecule has 1 aliphatic heterocycles. The molecule has 6 nitrogen and oxygen atoms in total. The fourth-order valence-corrected chi connectivity index (χ4v) is 2.32. The van der Waals surface area contributed by atoms with Gasteiger partial charge >= 0.3 is 0 Å². The van der Waals surface area contributed by atoms with Gasteiger partial charge in [-0.2, -0.15) is 0 Å². The van der Waals surface area contributed by atoms with Crippen molar-refractivity contribution in [3.05, 3.63) is 51.8 Å². The number of hydrogen-bond acceptors (Lipinski definition) is 5. The summed E-state index contributed by atoms with van der Waals surface area (Å²) in [5, 5.41) is 5.67. The van der Waals surface area contributed by atoms with Gasteiger partial charge in [0, 0.05) is 17.2 Å². The molecule has 1 unspecified atom stereocenters. The van der Waals surface area contributed by atoms with Gasteiger partial charge in [0.05, 0.1) is 0 Å². The maximum atomic E-state index is 11.3. The molecule has 2 heterocycles. The summed E-state index contributed by atoms with van der Waals surface area (Å²) in [6.07, 6.45) is 0. The van der Waals surface area contributed by atoms with Crippen molar-refractivity contribution in [1.29, 1.82) is 0 Å². The van der Waals surface area contributed by atoms with Crippen LogP contribution in [0.15, 0.2) is 40.1 Å². The van der Waals surface area contributed by atoms with E-state index in [1.54, 1.807) is 16.8 Å². The summed E-state index contributed by atoms with van der Waals surface area (Å²) < 4.78 is 1.54. The molecule has 2 N–H and O–H groups in total. The number of aliphatic imine (C=N–C) groups is 1. The van der Waals surface area contributed by atoms with Gasteiger partial charge < -0.3 is 5.32 Å². The molecule has 0 aliphatic carbocycles. The number of H-pyrrole nitrogens is 1. The molecule has 7 heteroatoms. The van der Waals surface area contributed by atoms with Crippen molar-refractivity contribution >= 4 is 30.1 Å². The van der Waals surface area contributed by atoms with Crippen LogP contribution in [0.3, 0.4) is 0 Å². The van der Waals surface area contributed by atoms with Crippen LogP contribution in [0.2, 0.25) is 0 Å². The number of nitrogens with one attached hydrogen (secondary N) is 2. The smallest absolute Gasteiger partial charge is 0.266 e. The van der Waals surface area contributed by atoms with Gasteiger partial charge in [-0.1, -0.05) is 24.3 Å². The number of carbonyl (C=O) groups excluding carboxylic acids is 1. The maximum Gasteiger partial charge on any atom is 0.266 e. The van der Waals surface area contributed by atoms with Crippen LogP contribution in [0.25, 0.3) is 0 Å². The maximum absolute atomic E-state index is 11.3. The molecule has 102 valence electrons. The molecule has 3 rings (SSSR count). The average molecular weight is 288 g/mol. The number of anilines is 1. The second-order valence-electron chi connectivity index (χ2n) is 4.46. The van der Waals surface area contributed by atoms with E-state index < -0.39 is 5.50 Å². The van der Waals surface area contributed by atoms with E-state index in [9.17, 15) is 9.59 Å². The summed E-state index contributed by atoms with van der Waals surface area (Å²) in [7, 11) is 0. The van der Waals surface area contributed by atoms with Crippen molar-refractivity contribution in [3.63, 3.8) is 0 Å². The Morgan fingerprint density at radius 1 is 1.35 bits per heavy atom. The van der Waals surface area contributed by atoms with Gasteiger partial charge in [-0.3, -0.25) is 14.7 Å². The number of hydrogen-bond donors (Lipinski definition) is 3. The first-order valence-electron chi connectivity index (χ1n) is 6.00. The van der Waals surface area contributed by atoms with E-state index in [4.69, 9.17) is 0 Å². The second kappa shape index (κ2) is 4.68. The molecule has 1 aliphatic rings. The molecule has 0 saturated heterocycles. The van der Waals surface area contributed by atoms with Crippen LogP contribution >= 0.6 is 12.6 Å². The highest BCUT2D eigenvalue weighted by atomic mass is 32.1. The van der Waals surface area contributed by atoms with Gasteiger partial charge in [-0.25, -0.2) is 9.67 Å². The van der Waals surface area contributed by atoms with Gasteiger partial charge in [0.2, 0.25) is 0 Å². The molecule has 0 amide bonds. The third-order valence-electron chi connectivity index (χ3n) is 3.04. The highest BCUT2D eigenvalue weighted by molar-refractivity contribution is 7.80. The molecule has 20 heavy (non-hydrogen) atoms. The van der Waals surface area contributed by atoms with E-state index in [1.807, 2.05) is 12.1 Å². The van der Waals surface area contributed by atoms with E-state index >= 15 is 0 Å². The molecule has 0 saturated carbocycles. The number of fused-ring (bicyclic) bond motifs is 1. The Bertz CT molecular complexity index is 757. The number of rotatable bonds is 2. The van der Waals surface area contributed by atoms with Crippen molar-refractivity contribution in [2.45, 2.75) is 12.4 Å². The van der Waals surface area contributed by atoms with Crippen molar-refractivity contribution in [2.24, 2.45) is 4.99 Å². The lowest BCUT2D eigenvalue weighted by Gasteiger charge is -2.21. The molecular weight excluding hydrogens is 276 g/mol. The number of nitrogens with zero attached hydrogens (tertiary/aromatic N) is 2. The number of carbonyl (C=O) groups is 1. The predicted octanol–water partition coefficient (Wildman–Crippen LogP) is 1.64. The molecule has 2 aromatic rings. The lowest BCUT2D eigenvalue weighted by atomic mass is 10.1. The Balaban J connectivity index is 1.95. The minimum Gasteiger partial charge on any atom is -0.325 e. The van der Waals surface area contributed by atoms with Crippen LogP contribution in [0.4, 0.5) is 5.82 Å². The predicted molar refractivity (Wildman–Crippen MR) is 79.7 cm³/mol. The Morgan fingerprint density at radius 2 is 2.05 bits per heavy atom. The van der Waals surface area contributed by atoms with Gasteiger partial charge in [0.25, 0.3) is 5.56 Å².